The van der Waals surface area contributed by atoms with Crippen molar-refractivity contribution in [1.82, 2.24) is 10.6 Å². The molecule has 0 saturated carbocycles. The van der Waals surface area contributed by atoms with Crippen LogP contribution in [-0.2, 0) is 0 Å². The highest BCUT2D eigenvalue weighted by atomic mass is 14.9. The van der Waals surface area contributed by atoms with Gasteiger partial charge in [0.2, 0.25) is 0 Å². The minimum atomic E-state index is 0.731. The molecule has 1 aliphatic heterocycles. The van der Waals surface area contributed by atoms with Crippen molar-refractivity contribution in [2.24, 2.45) is 5.92 Å². The van der Waals surface area contributed by atoms with Crippen molar-refractivity contribution in [3.8, 4) is 0 Å². The van der Waals surface area contributed by atoms with Gasteiger partial charge in [0.05, 0.1) is 0 Å². The molecule has 2 heteroatoms. The van der Waals surface area contributed by atoms with Crippen LogP contribution in [0.4, 0.5) is 0 Å². The lowest BCUT2D eigenvalue weighted by Gasteiger charge is -2.26. The van der Waals surface area contributed by atoms with E-state index in [1.807, 2.05) is 0 Å². The Morgan fingerprint density at radius 2 is 2.42 bits per heavy atom. The molecule has 2 unspecified atom stereocenters. The molecule has 0 spiro atoms. The highest BCUT2D eigenvalue weighted by Gasteiger charge is 2.16. The van der Waals surface area contributed by atoms with E-state index in [2.05, 4.69) is 24.6 Å². The first kappa shape index (κ1) is 10.0. The molecule has 0 aromatic heterocycles. The van der Waals surface area contributed by atoms with Crippen LogP contribution in [0.1, 0.15) is 32.6 Å². The van der Waals surface area contributed by atoms with Gasteiger partial charge in [-0.25, -0.2) is 0 Å². The number of rotatable bonds is 4. The van der Waals surface area contributed by atoms with E-state index in [-0.39, 0.29) is 0 Å². The molecule has 0 bridgehead atoms. The fourth-order valence-electron chi connectivity index (χ4n) is 2.02. The topological polar surface area (TPSA) is 24.1 Å². The Morgan fingerprint density at radius 1 is 1.58 bits per heavy atom. The van der Waals surface area contributed by atoms with E-state index in [0.29, 0.717) is 0 Å². The molecule has 1 heterocycles. The third-order valence-electron chi connectivity index (χ3n) is 2.92. The third kappa shape index (κ3) is 3.11. The molecule has 1 fully saturated rings. The van der Waals surface area contributed by atoms with E-state index in [9.17, 15) is 0 Å². The molecular formula is C10H22N2. The smallest absolute Gasteiger partial charge is 0.00645 e. The third-order valence-corrected chi connectivity index (χ3v) is 2.92. The maximum Gasteiger partial charge on any atom is 0.00645 e. The van der Waals surface area contributed by atoms with Crippen molar-refractivity contribution in [3.05, 3.63) is 0 Å². The van der Waals surface area contributed by atoms with Crippen molar-refractivity contribution in [2.45, 2.75) is 38.6 Å². The summed E-state index contributed by atoms with van der Waals surface area (Å²) in [7, 11) is 2.07. The van der Waals surface area contributed by atoms with Gasteiger partial charge in [-0.15, -0.1) is 0 Å². The van der Waals surface area contributed by atoms with Crippen LogP contribution in [0.25, 0.3) is 0 Å². The molecule has 12 heavy (non-hydrogen) atoms. The van der Waals surface area contributed by atoms with Gasteiger partial charge in [0, 0.05) is 6.04 Å². The first-order valence-electron chi connectivity index (χ1n) is 5.24. The van der Waals surface area contributed by atoms with Gasteiger partial charge >= 0.3 is 0 Å². The maximum atomic E-state index is 3.46. The standard InChI is InChI=1S/C10H22N2/c1-3-10(11-2)7-9-5-4-6-12-8-9/h9-12H,3-8H2,1-2H3. The van der Waals surface area contributed by atoms with Crippen LogP contribution in [0, 0.1) is 5.92 Å². The molecule has 0 aliphatic carbocycles. The molecule has 1 aliphatic rings. The van der Waals surface area contributed by atoms with E-state index < -0.39 is 0 Å². The molecule has 0 radical (unpaired) electrons. The lowest BCUT2D eigenvalue weighted by atomic mass is 9.91. The summed E-state index contributed by atoms with van der Waals surface area (Å²) in [6, 6.07) is 0.731. The summed E-state index contributed by atoms with van der Waals surface area (Å²) in [5.74, 6) is 0.913. The van der Waals surface area contributed by atoms with E-state index in [1.54, 1.807) is 0 Å². The maximum absolute atomic E-state index is 3.46. The molecule has 1 saturated heterocycles. The first-order valence-corrected chi connectivity index (χ1v) is 5.24. The van der Waals surface area contributed by atoms with Crippen LogP contribution in [0.15, 0.2) is 0 Å². The second kappa shape index (κ2) is 5.55. The van der Waals surface area contributed by atoms with Crippen molar-refractivity contribution in [1.29, 1.82) is 0 Å². The van der Waals surface area contributed by atoms with Crippen LogP contribution in [0.3, 0.4) is 0 Å². The SMILES string of the molecule is CCC(CC1CCCNC1)NC. The molecule has 0 amide bonds. The summed E-state index contributed by atoms with van der Waals surface area (Å²) in [5, 5.41) is 6.83. The summed E-state index contributed by atoms with van der Waals surface area (Å²) in [4.78, 5) is 0. The summed E-state index contributed by atoms with van der Waals surface area (Å²) in [6.45, 7) is 4.72. The Labute approximate surface area is 76.1 Å². The lowest BCUT2D eigenvalue weighted by molar-refractivity contribution is 0.316. The zero-order valence-electron chi connectivity index (χ0n) is 8.40. The van der Waals surface area contributed by atoms with Gasteiger partial charge in [0.1, 0.15) is 0 Å². The molecular weight excluding hydrogens is 148 g/mol. The molecule has 2 N–H and O–H groups in total. The van der Waals surface area contributed by atoms with Gasteiger partial charge in [-0.3, -0.25) is 0 Å². The minimum Gasteiger partial charge on any atom is -0.317 e. The van der Waals surface area contributed by atoms with Gasteiger partial charge in [-0.05, 0) is 51.7 Å². The van der Waals surface area contributed by atoms with Crippen molar-refractivity contribution in [2.75, 3.05) is 20.1 Å². The van der Waals surface area contributed by atoms with Gasteiger partial charge in [-0.2, -0.15) is 0 Å². The Balaban J connectivity index is 2.18. The van der Waals surface area contributed by atoms with Crippen LogP contribution < -0.4 is 10.6 Å². The van der Waals surface area contributed by atoms with Crippen molar-refractivity contribution >= 4 is 0 Å². The number of hydrogen-bond acceptors (Lipinski definition) is 2. The summed E-state index contributed by atoms with van der Waals surface area (Å²) < 4.78 is 0. The van der Waals surface area contributed by atoms with Gasteiger partial charge in [0.25, 0.3) is 0 Å². The molecule has 72 valence electrons. The zero-order valence-corrected chi connectivity index (χ0v) is 8.40. The Bertz CT molecular complexity index is 104. The normalized spacial score (nSPS) is 27.0. The zero-order chi connectivity index (χ0) is 8.81. The predicted octanol–water partition coefficient (Wildman–Crippen LogP) is 1.37. The largest absolute Gasteiger partial charge is 0.317 e. The van der Waals surface area contributed by atoms with Gasteiger partial charge < -0.3 is 10.6 Å². The number of hydrogen-bond donors (Lipinski definition) is 2. The average Bonchev–Trinajstić information content (AvgIpc) is 2.16. The van der Waals surface area contributed by atoms with Crippen LogP contribution in [-0.4, -0.2) is 26.2 Å². The first-order chi connectivity index (χ1) is 5.86. The molecule has 1 rings (SSSR count). The Hall–Kier alpha value is -0.0800. The summed E-state index contributed by atoms with van der Waals surface area (Å²) in [6.07, 6.45) is 5.39. The average molecular weight is 170 g/mol. The summed E-state index contributed by atoms with van der Waals surface area (Å²) in [5.41, 5.74) is 0. The molecule has 2 atom stereocenters. The fraction of sp³-hybridized carbons (Fsp3) is 1.00. The molecule has 0 aromatic rings. The monoisotopic (exact) mass is 170 g/mol. The highest BCUT2D eigenvalue weighted by Crippen LogP contribution is 2.16. The predicted molar refractivity (Wildman–Crippen MR) is 53.3 cm³/mol. The van der Waals surface area contributed by atoms with Crippen molar-refractivity contribution < 1.29 is 0 Å². The number of nitrogens with one attached hydrogen (secondary N) is 2. The summed E-state index contributed by atoms with van der Waals surface area (Å²) >= 11 is 0. The quantitative estimate of drug-likeness (QED) is 0.666. The lowest BCUT2D eigenvalue weighted by Crippen LogP contribution is -2.35. The van der Waals surface area contributed by atoms with Crippen molar-refractivity contribution in [3.63, 3.8) is 0 Å². The minimum absolute atomic E-state index is 0.731. The second-order valence-corrected chi connectivity index (χ2v) is 3.84. The Kier molecular flexibility index (Phi) is 4.62. The van der Waals surface area contributed by atoms with Crippen LogP contribution in [0.2, 0.25) is 0 Å². The van der Waals surface area contributed by atoms with E-state index in [0.717, 1.165) is 12.0 Å². The second-order valence-electron chi connectivity index (χ2n) is 3.84. The number of piperidine rings is 1. The van der Waals surface area contributed by atoms with E-state index in [4.69, 9.17) is 0 Å². The van der Waals surface area contributed by atoms with Crippen LogP contribution in [0.5, 0.6) is 0 Å². The highest BCUT2D eigenvalue weighted by molar-refractivity contribution is 4.74. The van der Waals surface area contributed by atoms with Gasteiger partial charge in [-0.1, -0.05) is 6.92 Å². The fourth-order valence-corrected chi connectivity index (χ4v) is 2.02. The van der Waals surface area contributed by atoms with E-state index >= 15 is 0 Å². The van der Waals surface area contributed by atoms with E-state index in [1.165, 1.54) is 38.8 Å². The Morgan fingerprint density at radius 3 is 2.92 bits per heavy atom. The molecule has 2 nitrogen and oxygen atoms in total. The molecule has 0 aromatic carbocycles. The van der Waals surface area contributed by atoms with Crippen LogP contribution >= 0.6 is 0 Å². The van der Waals surface area contributed by atoms with Gasteiger partial charge in [0.15, 0.2) is 0 Å².